The first-order valence-electron chi connectivity index (χ1n) is 10.1. The molecule has 0 bridgehead atoms. The maximum Gasteiger partial charge on any atom is 0.251 e. The quantitative estimate of drug-likeness (QED) is 0.308. The molecule has 1 saturated heterocycles. The molecule has 2 aromatic carbocycles. The van der Waals surface area contributed by atoms with Crippen molar-refractivity contribution in [3.05, 3.63) is 64.5 Å². The highest BCUT2D eigenvalue weighted by Gasteiger charge is 2.20. The number of amides is 2. The van der Waals surface area contributed by atoms with Crippen molar-refractivity contribution in [1.82, 2.24) is 10.2 Å². The van der Waals surface area contributed by atoms with Crippen LogP contribution in [0.15, 0.2) is 48.5 Å². The van der Waals surface area contributed by atoms with E-state index in [1.54, 1.807) is 29.5 Å². The van der Waals surface area contributed by atoms with Gasteiger partial charge in [-0.25, -0.2) is 0 Å². The average molecular weight is 422 g/mol. The van der Waals surface area contributed by atoms with Gasteiger partial charge in [0.1, 0.15) is 0 Å². The maximum absolute atomic E-state index is 12.6. The highest BCUT2D eigenvalue weighted by Crippen LogP contribution is 2.28. The standard InChI is InChI=1S/C23H24N4O2S/c24-18-9-8-16(23(29)26-10-4-12-27-11-3-7-21(27)28)13-17(18)22(25)20-14-15-5-1-2-6-19(15)30-20/h1-2,5-6,8-9,13-14,25H,3-4,7,10-12,24H2,(H,26,29)/p+1. The van der Waals surface area contributed by atoms with Gasteiger partial charge in [0.05, 0.1) is 10.4 Å². The summed E-state index contributed by atoms with van der Waals surface area (Å²) in [6.45, 7) is 2.01. The van der Waals surface area contributed by atoms with Crippen molar-refractivity contribution in [2.24, 2.45) is 0 Å². The molecule has 0 spiro atoms. The maximum atomic E-state index is 12.6. The van der Waals surface area contributed by atoms with Gasteiger partial charge in [0.25, 0.3) is 5.91 Å². The van der Waals surface area contributed by atoms with Crippen LogP contribution in [0.2, 0.25) is 0 Å². The largest absolute Gasteiger partial charge is 0.398 e. The molecule has 6 nitrogen and oxygen atoms in total. The summed E-state index contributed by atoms with van der Waals surface area (Å²) < 4.78 is 1.15. The molecule has 0 radical (unpaired) electrons. The van der Waals surface area contributed by atoms with Gasteiger partial charge >= 0.3 is 0 Å². The molecule has 1 fully saturated rings. The smallest absolute Gasteiger partial charge is 0.251 e. The molecule has 0 unspecified atom stereocenters. The molecule has 0 atom stereocenters. The third-order valence-electron chi connectivity index (χ3n) is 5.36. The van der Waals surface area contributed by atoms with Crippen LogP contribution < -0.4 is 16.5 Å². The molecular formula is C23H25N4O2S+. The fourth-order valence-electron chi connectivity index (χ4n) is 3.69. The summed E-state index contributed by atoms with van der Waals surface area (Å²) in [7, 11) is 0. The number of nitrogens with zero attached hydrogens (tertiary/aromatic N) is 1. The molecule has 154 valence electrons. The summed E-state index contributed by atoms with van der Waals surface area (Å²) in [6, 6.07) is 15.3. The van der Waals surface area contributed by atoms with Crippen molar-refractivity contribution < 1.29 is 15.0 Å². The summed E-state index contributed by atoms with van der Waals surface area (Å²) in [5, 5.41) is 10.5. The van der Waals surface area contributed by atoms with Crippen LogP contribution in [0.5, 0.6) is 0 Å². The number of nitrogens with one attached hydrogen (secondary N) is 1. The van der Waals surface area contributed by atoms with E-state index >= 15 is 0 Å². The molecule has 2 heterocycles. The molecule has 1 aromatic heterocycles. The minimum absolute atomic E-state index is 0.173. The van der Waals surface area contributed by atoms with E-state index in [2.05, 4.69) is 11.4 Å². The first-order valence-corrected chi connectivity index (χ1v) is 10.9. The summed E-state index contributed by atoms with van der Waals surface area (Å²) in [5.41, 5.74) is 8.44. The van der Waals surface area contributed by atoms with Crippen LogP contribution >= 0.6 is 11.3 Å². The van der Waals surface area contributed by atoms with Crippen LogP contribution in [0.3, 0.4) is 0 Å². The first-order chi connectivity index (χ1) is 14.5. The number of thiophene rings is 1. The molecule has 1 aliphatic rings. The fraction of sp³-hybridized carbons (Fsp3) is 0.261. The van der Waals surface area contributed by atoms with Gasteiger partial charge in [-0.15, -0.1) is 11.3 Å². The Bertz CT molecular complexity index is 1090. The van der Waals surface area contributed by atoms with Gasteiger partial charge in [-0.2, -0.15) is 0 Å². The Hall–Kier alpha value is -3.19. The van der Waals surface area contributed by atoms with E-state index in [1.807, 2.05) is 29.2 Å². The Balaban J connectivity index is 1.42. The highest BCUT2D eigenvalue weighted by molar-refractivity contribution is 7.21. The van der Waals surface area contributed by atoms with Crippen molar-refractivity contribution in [1.29, 1.82) is 0 Å². The lowest BCUT2D eigenvalue weighted by Gasteiger charge is -2.15. The van der Waals surface area contributed by atoms with Gasteiger partial charge in [-0.3, -0.25) is 15.0 Å². The Morgan fingerprint density at radius 2 is 2.03 bits per heavy atom. The summed E-state index contributed by atoms with van der Waals surface area (Å²) >= 11 is 1.60. The lowest BCUT2D eigenvalue weighted by atomic mass is 10.0. The Morgan fingerprint density at radius 3 is 2.80 bits per heavy atom. The third-order valence-corrected chi connectivity index (χ3v) is 6.51. The summed E-state index contributed by atoms with van der Waals surface area (Å²) in [6.07, 6.45) is 2.30. The monoisotopic (exact) mass is 421 g/mol. The van der Waals surface area contributed by atoms with E-state index in [4.69, 9.17) is 11.1 Å². The molecule has 30 heavy (non-hydrogen) atoms. The number of hydrogen-bond donors (Lipinski definition) is 3. The van der Waals surface area contributed by atoms with E-state index in [1.165, 1.54) is 0 Å². The van der Waals surface area contributed by atoms with E-state index in [-0.39, 0.29) is 11.8 Å². The molecule has 7 heteroatoms. The summed E-state index contributed by atoms with van der Waals surface area (Å²) in [4.78, 5) is 27.0. The number of fused-ring (bicyclic) bond motifs is 1. The van der Waals surface area contributed by atoms with Gasteiger partial charge in [-0.1, -0.05) is 18.2 Å². The van der Waals surface area contributed by atoms with Crippen molar-refractivity contribution in [2.75, 3.05) is 25.4 Å². The zero-order valence-corrected chi connectivity index (χ0v) is 17.5. The number of rotatable bonds is 7. The second kappa shape index (κ2) is 8.67. The molecular weight excluding hydrogens is 396 g/mol. The molecule has 3 aromatic rings. The van der Waals surface area contributed by atoms with Crippen LogP contribution in [0.25, 0.3) is 10.1 Å². The van der Waals surface area contributed by atoms with Crippen molar-refractivity contribution in [2.45, 2.75) is 19.3 Å². The van der Waals surface area contributed by atoms with Gasteiger partial charge in [0.2, 0.25) is 11.6 Å². The second-order valence-corrected chi connectivity index (χ2v) is 8.54. The Kier molecular flexibility index (Phi) is 5.81. The lowest BCUT2D eigenvalue weighted by Crippen LogP contribution is -2.41. The number of nitrogen functional groups attached to an aromatic ring is 1. The van der Waals surface area contributed by atoms with Crippen LogP contribution in [0.1, 0.15) is 40.1 Å². The lowest BCUT2D eigenvalue weighted by molar-refractivity contribution is -0.127. The van der Waals surface area contributed by atoms with Crippen LogP contribution in [-0.2, 0) is 4.79 Å². The molecule has 2 amide bonds. The minimum Gasteiger partial charge on any atom is -0.398 e. The average Bonchev–Trinajstić information content (AvgIpc) is 3.37. The van der Waals surface area contributed by atoms with Crippen LogP contribution in [0, 0.1) is 0 Å². The number of anilines is 1. The van der Waals surface area contributed by atoms with Crippen molar-refractivity contribution in [3.63, 3.8) is 0 Å². The molecule has 4 rings (SSSR count). The van der Waals surface area contributed by atoms with Crippen molar-refractivity contribution >= 4 is 44.6 Å². The Labute approximate surface area is 179 Å². The van der Waals surface area contributed by atoms with Gasteiger partial charge < -0.3 is 16.0 Å². The number of likely N-dealkylation sites (tertiary alicyclic amines) is 1. The normalized spacial score (nSPS) is 13.7. The zero-order valence-electron chi connectivity index (χ0n) is 16.7. The van der Waals surface area contributed by atoms with Gasteiger partial charge in [0, 0.05) is 42.0 Å². The minimum atomic E-state index is -0.173. The number of carbonyl (C=O) groups excluding carboxylic acids is 2. The predicted octanol–water partition coefficient (Wildman–Crippen LogP) is 1.82. The number of nitrogens with two attached hydrogens (primary N) is 2. The zero-order chi connectivity index (χ0) is 21.1. The van der Waals surface area contributed by atoms with Gasteiger partial charge in [0.15, 0.2) is 0 Å². The second-order valence-electron chi connectivity index (χ2n) is 7.46. The van der Waals surface area contributed by atoms with E-state index in [0.717, 1.165) is 34.3 Å². The van der Waals surface area contributed by atoms with Crippen molar-refractivity contribution in [3.8, 4) is 0 Å². The fourth-order valence-corrected chi connectivity index (χ4v) is 4.73. The molecule has 0 aliphatic carbocycles. The molecule has 0 saturated carbocycles. The number of carbonyl (C=O) groups is 2. The van der Waals surface area contributed by atoms with Crippen LogP contribution in [-0.4, -0.2) is 42.1 Å². The Morgan fingerprint density at radius 1 is 1.20 bits per heavy atom. The SMILES string of the molecule is Nc1ccc(C(=O)NCCCN2CCCC2=O)cc1C(=[NH2+])c1cc2ccccc2s1. The number of benzene rings is 2. The third kappa shape index (κ3) is 4.21. The number of hydrogen-bond acceptors (Lipinski definition) is 4. The molecule has 1 aliphatic heterocycles. The predicted molar refractivity (Wildman–Crippen MR) is 121 cm³/mol. The summed E-state index contributed by atoms with van der Waals surface area (Å²) in [5.74, 6) is 0.0323. The topological polar surface area (TPSA) is 101 Å². The highest BCUT2D eigenvalue weighted by atomic mass is 32.1. The first kappa shape index (κ1) is 20.1. The van der Waals surface area contributed by atoms with Crippen LogP contribution in [0.4, 0.5) is 5.69 Å². The molecule has 5 N–H and O–H groups in total. The van der Waals surface area contributed by atoms with Gasteiger partial charge in [-0.05, 0) is 48.6 Å². The van der Waals surface area contributed by atoms with E-state index < -0.39 is 0 Å². The van der Waals surface area contributed by atoms with E-state index in [9.17, 15) is 9.59 Å². The van der Waals surface area contributed by atoms with E-state index in [0.29, 0.717) is 42.0 Å².